The van der Waals surface area contributed by atoms with E-state index in [2.05, 4.69) is 61.5 Å². The molecule has 1 aromatic carbocycles. The second kappa shape index (κ2) is 7.93. The van der Waals surface area contributed by atoms with Crippen LogP contribution in [0.1, 0.15) is 5.56 Å². The Bertz CT molecular complexity index is 819. The van der Waals surface area contributed by atoms with Crippen molar-refractivity contribution >= 4 is 11.9 Å². The van der Waals surface area contributed by atoms with E-state index in [9.17, 15) is 0 Å². The molecule has 0 N–H and O–H groups in total. The molecule has 6 heteroatoms. The lowest BCUT2D eigenvalue weighted by Crippen LogP contribution is -2.46. The van der Waals surface area contributed by atoms with Crippen LogP contribution in [0.5, 0.6) is 0 Å². The van der Waals surface area contributed by atoms with E-state index in [1.54, 1.807) is 10.9 Å². The Labute approximate surface area is 153 Å². The van der Waals surface area contributed by atoms with Gasteiger partial charge < -0.3 is 4.90 Å². The standard InChI is InChI=1S/C20H22N6/c1-2-6-18(7-3-1)8-4-12-24-14-16-25(17-15-24)19-9-10-20(23-22-19)26-13-5-11-21-26/h1-11,13H,12,14-17H2/b8-4+. The molecule has 0 radical (unpaired) electrons. The van der Waals surface area contributed by atoms with Crippen molar-refractivity contribution in [1.82, 2.24) is 24.9 Å². The molecule has 0 spiro atoms. The van der Waals surface area contributed by atoms with Crippen molar-refractivity contribution in [2.75, 3.05) is 37.6 Å². The van der Waals surface area contributed by atoms with Gasteiger partial charge in [-0.3, -0.25) is 4.90 Å². The van der Waals surface area contributed by atoms with Gasteiger partial charge in [0.1, 0.15) is 0 Å². The summed E-state index contributed by atoms with van der Waals surface area (Å²) in [5.74, 6) is 1.67. The molecule has 0 saturated carbocycles. The van der Waals surface area contributed by atoms with E-state index < -0.39 is 0 Å². The van der Waals surface area contributed by atoms with Crippen molar-refractivity contribution in [3.05, 3.63) is 72.6 Å². The molecule has 0 bridgehead atoms. The summed E-state index contributed by atoms with van der Waals surface area (Å²) < 4.78 is 1.72. The molecule has 3 aromatic rings. The van der Waals surface area contributed by atoms with Gasteiger partial charge in [0.05, 0.1) is 0 Å². The minimum Gasteiger partial charge on any atom is -0.353 e. The molecule has 26 heavy (non-hydrogen) atoms. The summed E-state index contributed by atoms with van der Waals surface area (Å²) in [5.41, 5.74) is 1.25. The highest BCUT2D eigenvalue weighted by molar-refractivity contribution is 5.48. The number of benzene rings is 1. The maximum Gasteiger partial charge on any atom is 0.175 e. The number of hydrogen-bond donors (Lipinski definition) is 0. The van der Waals surface area contributed by atoms with Crippen molar-refractivity contribution in [3.8, 4) is 5.82 Å². The third-order valence-electron chi connectivity index (χ3n) is 4.55. The highest BCUT2D eigenvalue weighted by Gasteiger charge is 2.17. The molecule has 1 aliphatic rings. The number of aromatic nitrogens is 4. The molecule has 0 atom stereocenters. The van der Waals surface area contributed by atoms with Gasteiger partial charge in [-0.25, -0.2) is 4.68 Å². The van der Waals surface area contributed by atoms with Gasteiger partial charge in [0, 0.05) is 45.1 Å². The van der Waals surface area contributed by atoms with Crippen LogP contribution in [0.25, 0.3) is 11.9 Å². The fraction of sp³-hybridized carbons (Fsp3) is 0.250. The second-order valence-corrected chi connectivity index (χ2v) is 6.30. The summed E-state index contributed by atoms with van der Waals surface area (Å²) in [6, 6.07) is 16.3. The van der Waals surface area contributed by atoms with Gasteiger partial charge in [-0.1, -0.05) is 42.5 Å². The average molecular weight is 346 g/mol. The zero-order chi connectivity index (χ0) is 17.6. The molecule has 4 rings (SSSR count). The first kappa shape index (κ1) is 16.5. The second-order valence-electron chi connectivity index (χ2n) is 6.30. The topological polar surface area (TPSA) is 50.1 Å². The summed E-state index contributed by atoms with van der Waals surface area (Å²) in [6.45, 7) is 4.97. The average Bonchev–Trinajstić information content (AvgIpc) is 3.24. The van der Waals surface area contributed by atoms with Gasteiger partial charge in [-0.15, -0.1) is 10.2 Å². The molecule has 0 amide bonds. The first-order valence-electron chi connectivity index (χ1n) is 8.91. The van der Waals surface area contributed by atoms with Crippen molar-refractivity contribution in [3.63, 3.8) is 0 Å². The lowest BCUT2D eigenvalue weighted by molar-refractivity contribution is 0.283. The predicted octanol–water partition coefficient (Wildman–Crippen LogP) is 2.50. The van der Waals surface area contributed by atoms with Gasteiger partial charge >= 0.3 is 0 Å². The molecule has 1 fully saturated rings. The molecular weight excluding hydrogens is 324 g/mol. The van der Waals surface area contributed by atoms with Crippen molar-refractivity contribution in [1.29, 1.82) is 0 Å². The molecule has 1 aliphatic heterocycles. The highest BCUT2D eigenvalue weighted by Crippen LogP contribution is 2.14. The van der Waals surface area contributed by atoms with Gasteiger partial charge in [0.15, 0.2) is 11.6 Å². The van der Waals surface area contributed by atoms with E-state index in [1.807, 2.05) is 30.5 Å². The minimum absolute atomic E-state index is 0.739. The van der Waals surface area contributed by atoms with Crippen LogP contribution < -0.4 is 4.90 Å². The van der Waals surface area contributed by atoms with Crippen LogP contribution in [-0.4, -0.2) is 57.6 Å². The first-order valence-corrected chi connectivity index (χ1v) is 8.91. The van der Waals surface area contributed by atoms with E-state index >= 15 is 0 Å². The molecule has 0 unspecified atom stereocenters. The van der Waals surface area contributed by atoms with Crippen LogP contribution in [0.15, 0.2) is 67.0 Å². The molecule has 2 aromatic heterocycles. The van der Waals surface area contributed by atoms with Crippen LogP contribution in [0.4, 0.5) is 5.82 Å². The molecular formula is C20H22N6. The Morgan fingerprint density at radius 3 is 2.31 bits per heavy atom. The zero-order valence-electron chi connectivity index (χ0n) is 14.6. The fourth-order valence-corrected chi connectivity index (χ4v) is 3.07. The molecule has 6 nitrogen and oxygen atoms in total. The minimum atomic E-state index is 0.739. The van der Waals surface area contributed by atoms with Gasteiger partial charge in [0.25, 0.3) is 0 Å². The Morgan fingerprint density at radius 2 is 1.62 bits per heavy atom. The van der Waals surface area contributed by atoms with Gasteiger partial charge in [0.2, 0.25) is 0 Å². The van der Waals surface area contributed by atoms with E-state index in [0.29, 0.717) is 0 Å². The zero-order valence-corrected chi connectivity index (χ0v) is 14.6. The van der Waals surface area contributed by atoms with Gasteiger partial charge in [-0.2, -0.15) is 5.10 Å². The summed E-state index contributed by atoms with van der Waals surface area (Å²) in [5, 5.41) is 12.8. The van der Waals surface area contributed by atoms with E-state index in [0.717, 1.165) is 44.4 Å². The quantitative estimate of drug-likeness (QED) is 0.710. The third kappa shape index (κ3) is 3.97. The highest BCUT2D eigenvalue weighted by atomic mass is 15.4. The monoisotopic (exact) mass is 346 g/mol. The van der Waals surface area contributed by atoms with Crippen LogP contribution in [0.2, 0.25) is 0 Å². The van der Waals surface area contributed by atoms with Crippen LogP contribution in [0, 0.1) is 0 Å². The number of nitrogens with zero attached hydrogens (tertiary/aromatic N) is 6. The summed E-state index contributed by atoms with van der Waals surface area (Å²) in [4.78, 5) is 4.75. The van der Waals surface area contributed by atoms with Crippen LogP contribution >= 0.6 is 0 Å². The normalized spacial score (nSPS) is 15.6. The number of hydrogen-bond acceptors (Lipinski definition) is 5. The van der Waals surface area contributed by atoms with Crippen molar-refractivity contribution < 1.29 is 0 Å². The van der Waals surface area contributed by atoms with Crippen LogP contribution in [0.3, 0.4) is 0 Å². The Kier molecular flexibility index (Phi) is 5.02. The van der Waals surface area contributed by atoms with Crippen molar-refractivity contribution in [2.45, 2.75) is 0 Å². The lowest BCUT2D eigenvalue weighted by Gasteiger charge is -2.34. The summed E-state index contributed by atoms with van der Waals surface area (Å²) >= 11 is 0. The third-order valence-corrected chi connectivity index (χ3v) is 4.55. The van der Waals surface area contributed by atoms with Crippen LogP contribution in [-0.2, 0) is 0 Å². The fourth-order valence-electron chi connectivity index (χ4n) is 3.07. The Morgan fingerprint density at radius 1 is 0.846 bits per heavy atom. The molecule has 132 valence electrons. The van der Waals surface area contributed by atoms with Gasteiger partial charge in [-0.05, 0) is 23.8 Å². The maximum absolute atomic E-state index is 4.37. The molecule has 3 heterocycles. The Balaban J connectivity index is 1.29. The Hall–Kier alpha value is -2.99. The number of rotatable bonds is 5. The largest absolute Gasteiger partial charge is 0.353 e. The number of piperazine rings is 1. The van der Waals surface area contributed by atoms with E-state index in [4.69, 9.17) is 0 Å². The summed E-state index contributed by atoms with van der Waals surface area (Å²) in [7, 11) is 0. The smallest absolute Gasteiger partial charge is 0.175 e. The van der Waals surface area contributed by atoms with E-state index in [-0.39, 0.29) is 0 Å². The molecule has 0 aliphatic carbocycles. The lowest BCUT2D eigenvalue weighted by atomic mass is 10.2. The first-order chi connectivity index (χ1) is 12.9. The van der Waals surface area contributed by atoms with Crippen molar-refractivity contribution in [2.24, 2.45) is 0 Å². The number of anilines is 1. The maximum atomic E-state index is 4.37. The predicted molar refractivity (Wildman–Crippen MR) is 103 cm³/mol. The summed E-state index contributed by atoms with van der Waals surface area (Å²) in [6.07, 6.45) is 8.03. The van der Waals surface area contributed by atoms with E-state index in [1.165, 1.54) is 5.56 Å². The molecule has 1 saturated heterocycles. The SMILES string of the molecule is C(=C\c1ccccc1)/CN1CCN(c2ccc(-n3cccn3)nn2)CC1.